The zero-order chi connectivity index (χ0) is 17.9. The van der Waals surface area contributed by atoms with Gasteiger partial charge in [0.25, 0.3) is 0 Å². The zero-order valence-electron chi connectivity index (χ0n) is 14.4. The highest BCUT2D eigenvalue weighted by Gasteiger charge is 2.13. The number of nitriles is 1. The topological polar surface area (TPSA) is 50.8 Å². The molecule has 4 nitrogen and oxygen atoms in total. The molecule has 0 spiro atoms. The molecule has 126 valence electrons. The Morgan fingerprint density at radius 1 is 0.962 bits per heavy atom. The van der Waals surface area contributed by atoms with Crippen molar-refractivity contribution in [2.75, 3.05) is 7.11 Å². The van der Waals surface area contributed by atoms with Crippen LogP contribution >= 0.6 is 0 Å². The average molecular weight is 339 g/mol. The summed E-state index contributed by atoms with van der Waals surface area (Å²) in [6, 6.07) is 25.9. The molecule has 26 heavy (non-hydrogen) atoms. The van der Waals surface area contributed by atoms with Gasteiger partial charge in [-0.05, 0) is 54.1 Å². The van der Waals surface area contributed by atoms with Crippen molar-refractivity contribution >= 4 is 11.0 Å². The van der Waals surface area contributed by atoms with Crippen LogP contribution in [0, 0.1) is 11.3 Å². The van der Waals surface area contributed by atoms with E-state index in [9.17, 15) is 0 Å². The number of hydrogen-bond acceptors (Lipinski definition) is 3. The molecule has 0 aliphatic carbocycles. The number of hydrogen-bond donors (Lipinski definition) is 0. The summed E-state index contributed by atoms with van der Waals surface area (Å²) < 4.78 is 7.47. The second-order valence-electron chi connectivity index (χ2n) is 6.05. The first kappa shape index (κ1) is 15.9. The molecule has 0 N–H and O–H groups in total. The monoisotopic (exact) mass is 339 g/mol. The number of para-hydroxylation sites is 2. The standard InChI is InChI=1S/C22H17N3O/c1-26-19-12-10-18(11-13-19)22-24-20-4-2-3-5-21(20)25(22)15-17-8-6-16(14-23)7-9-17/h2-13H,15H2,1H3. The van der Waals surface area contributed by atoms with E-state index in [0.717, 1.165) is 33.7 Å². The van der Waals surface area contributed by atoms with Crippen LogP contribution in [0.3, 0.4) is 0 Å². The van der Waals surface area contributed by atoms with Gasteiger partial charge in [-0.25, -0.2) is 4.98 Å². The van der Waals surface area contributed by atoms with Crippen molar-refractivity contribution in [2.24, 2.45) is 0 Å². The molecule has 0 atom stereocenters. The zero-order valence-corrected chi connectivity index (χ0v) is 14.4. The minimum atomic E-state index is 0.666. The van der Waals surface area contributed by atoms with Gasteiger partial charge < -0.3 is 9.30 Å². The Balaban J connectivity index is 1.81. The van der Waals surface area contributed by atoms with Crippen LogP contribution in [-0.4, -0.2) is 16.7 Å². The number of rotatable bonds is 4. The van der Waals surface area contributed by atoms with Crippen molar-refractivity contribution in [3.8, 4) is 23.2 Å². The maximum Gasteiger partial charge on any atom is 0.141 e. The lowest BCUT2D eigenvalue weighted by Crippen LogP contribution is -2.02. The fraction of sp³-hybridized carbons (Fsp3) is 0.0909. The number of nitrogens with zero attached hydrogens (tertiary/aromatic N) is 3. The first-order valence-electron chi connectivity index (χ1n) is 8.37. The van der Waals surface area contributed by atoms with E-state index in [1.54, 1.807) is 7.11 Å². The minimum Gasteiger partial charge on any atom is -0.497 e. The molecular weight excluding hydrogens is 322 g/mol. The fourth-order valence-corrected chi connectivity index (χ4v) is 3.06. The highest BCUT2D eigenvalue weighted by molar-refractivity contribution is 5.80. The SMILES string of the molecule is COc1ccc(-c2nc3ccccc3n2Cc2ccc(C#N)cc2)cc1. The Hall–Kier alpha value is -3.58. The van der Waals surface area contributed by atoms with Crippen LogP contribution in [0.4, 0.5) is 0 Å². The van der Waals surface area contributed by atoms with Gasteiger partial charge in [0.15, 0.2) is 0 Å². The molecule has 0 bridgehead atoms. The van der Waals surface area contributed by atoms with E-state index in [0.29, 0.717) is 12.1 Å². The highest BCUT2D eigenvalue weighted by atomic mass is 16.5. The Labute approximate surface area is 151 Å². The van der Waals surface area contributed by atoms with Crippen molar-refractivity contribution in [1.82, 2.24) is 9.55 Å². The number of aromatic nitrogens is 2. The normalized spacial score (nSPS) is 10.6. The summed E-state index contributed by atoms with van der Waals surface area (Å²) in [7, 11) is 1.66. The molecule has 0 aliphatic heterocycles. The quantitative estimate of drug-likeness (QED) is 0.544. The lowest BCUT2D eigenvalue weighted by molar-refractivity contribution is 0.415. The average Bonchev–Trinajstić information content (AvgIpc) is 3.07. The van der Waals surface area contributed by atoms with Gasteiger partial charge in [-0.15, -0.1) is 0 Å². The second kappa shape index (κ2) is 6.73. The van der Waals surface area contributed by atoms with Gasteiger partial charge in [-0.1, -0.05) is 24.3 Å². The van der Waals surface area contributed by atoms with Crippen LogP contribution in [-0.2, 0) is 6.54 Å². The Morgan fingerprint density at radius 3 is 2.38 bits per heavy atom. The van der Waals surface area contributed by atoms with Crippen molar-refractivity contribution in [1.29, 1.82) is 5.26 Å². The fourth-order valence-electron chi connectivity index (χ4n) is 3.06. The molecule has 0 amide bonds. The third kappa shape index (κ3) is 2.91. The molecular formula is C22H17N3O. The second-order valence-corrected chi connectivity index (χ2v) is 6.05. The van der Waals surface area contributed by atoms with Crippen LogP contribution in [0.1, 0.15) is 11.1 Å². The third-order valence-electron chi connectivity index (χ3n) is 4.43. The number of benzene rings is 3. The van der Waals surface area contributed by atoms with E-state index in [1.165, 1.54) is 0 Å². The molecule has 0 aliphatic rings. The smallest absolute Gasteiger partial charge is 0.141 e. The van der Waals surface area contributed by atoms with Crippen molar-refractivity contribution < 1.29 is 4.74 Å². The maximum atomic E-state index is 8.99. The van der Waals surface area contributed by atoms with Crippen LogP contribution in [0.5, 0.6) is 5.75 Å². The molecule has 1 aromatic heterocycles. The number of methoxy groups -OCH3 is 1. The minimum absolute atomic E-state index is 0.666. The number of fused-ring (bicyclic) bond motifs is 1. The van der Waals surface area contributed by atoms with Gasteiger partial charge >= 0.3 is 0 Å². The van der Waals surface area contributed by atoms with Crippen LogP contribution < -0.4 is 4.74 Å². The maximum absolute atomic E-state index is 8.99. The van der Waals surface area contributed by atoms with Crippen LogP contribution in [0.2, 0.25) is 0 Å². The molecule has 1 heterocycles. The van der Waals surface area contributed by atoms with E-state index in [4.69, 9.17) is 15.0 Å². The number of ether oxygens (including phenoxy) is 1. The van der Waals surface area contributed by atoms with E-state index < -0.39 is 0 Å². The first-order chi connectivity index (χ1) is 12.8. The Morgan fingerprint density at radius 2 is 1.69 bits per heavy atom. The van der Waals surface area contributed by atoms with Gasteiger partial charge in [0.05, 0.1) is 29.8 Å². The number of imidazole rings is 1. The predicted molar refractivity (Wildman–Crippen MR) is 102 cm³/mol. The predicted octanol–water partition coefficient (Wildman–Crippen LogP) is 4.63. The van der Waals surface area contributed by atoms with Crippen molar-refractivity contribution in [2.45, 2.75) is 6.54 Å². The lowest BCUT2D eigenvalue weighted by atomic mass is 10.1. The molecule has 4 aromatic rings. The molecule has 0 saturated heterocycles. The van der Waals surface area contributed by atoms with E-state index in [2.05, 4.69) is 16.7 Å². The molecule has 0 unspecified atom stereocenters. The highest BCUT2D eigenvalue weighted by Crippen LogP contribution is 2.27. The van der Waals surface area contributed by atoms with Gasteiger partial charge in [0, 0.05) is 12.1 Å². The summed E-state index contributed by atoms with van der Waals surface area (Å²) >= 11 is 0. The van der Waals surface area contributed by atoms with Gasteiger partial charge in [0.2, 0.25) is 0 Å². The van der Waals surface area contributed by atoms with E-state index >= 15 is 0 Å². The molecule has 4 rings (SSSR count). The van der Waals surface area contributed by atoms with Gasteiger partial charge in [-0.3, -0.25) is 0 Å². The lowest BCUT2D eigenvalue weighted by Gasteiger charge is -2.10. The summed E-state index contributed by atoms with van der Waals surface area (Å²) in [6.07, 6.45) is 0. The van der Waals surface area contributed by atoms with E-state index in [-0.39, 0.29) is 0 Å². The van der Waals surface area contributed by atoms with E-state index in [1.807, 2.05) is 66.7 Å². The summed E-state index contributed by atoms with van der Waals surface area (Å²) in [4.78, 5) is 4.84. The molecule has 0 fully saturated rings. The van der Waals surface area contributed by atoms with Crippen LogP contribution in [0.15, 0.2) is 72.8 Å². The van der Waals surface area contributed by atoms with Gasteiger partial charge in [0.1, 0.15) is 11.6 Å². The van der Waals surface area contributed by atoms with Gasteiger partial charge in [-0.2, -0.15) is 5.26 Å². The van der Waals surface area contributed by atoms with Crippen molar-refractivity contribution in [3.05, 3.63) is 83.9 Å². The summed E-state index contributed by atoms with van der Waals surface area (Å²) in [6.45, 7) is 0.688. The van der Waals surface area contributed by atoms with Crippen LogP contribution in [0.25, 0.3) is 22.4 Å². The summed E-state index contributed by atoms with van der Waals surface area (Å²) in [5.74, 6) is 1.74. The molecule has 3 aromatic carbocycles. The Bertz CT molecular complexity index is 1090. The molecule has 0 radical (unpaired) electrons. The van der Waals surface area contributed by atoms with Crippen molar-refractivity contribution in [3.63, 3.8) is 0 Å². The Kier molecular flexibility index (Phi) is 4.12. The molecule has 0 saturated carbocycles. The first-order valence-corrected chi connectivity index (χ1v) is 8.37. The largest absolute Gasteiger partial charge is 0.497 e. The molecule has 4 heteroatoms. The third-order valence-corrected chi connectivity index (χ3v) is 4.43. The summed E-state index contributed by atoms with van der Waals surface area (Å²) in [5, 5.41) is 8.99. The summed E-state index contributed by atoms with van der Waals surface area (Å²) in [5.41, 5.74) is 4.88.